The SMILES string of the molecule is CC12CCC3C1C=C1C(=O)c4cc(O)ccc4C(=O)C1(O2)C3(C)C=O. The van der Waals surface area contributed by atoms with Crippen LogP contribution in [-0.4, -0.2) is 34.2 Å². The molecule has 5 aliphatic rings. The highest BCUT2D eigenvalue weighted by atomic mass is 16.5. The summed E-state index contributed by atoms with van der Waals surface area (Å²) in [5.74, 6) is -0.813. The number of hydrogen-bond acceptors (Lipinski definition) is 5. The number of rotatable bonds is 1. The highest BCUT2D eigenvalue weighted by Gasteiger charge is 2.76. The van der Waals surface area contributed by atoms with Gasteiger partial charge < -0.3 is 14.6 Å². The molecule has 25 heavy (non-hydrogen) atoms. The van der Waals surface area contributed by atoms with Crippen molar-refractivity contribution in [2.45, 2.75) is 37.9 Å². The van der Waals surface area contributed by atoms with Gasteiger partial charge in [-0.1, -0.05) is 6.08 Å². The molecule has 2 fully saturated rings. The third kappa shape index (κ3) is 1.36. The van der Waals surface area contributed by atoms with Gasteiger partial charge in [-0.2, -0.15) is 0 Å². The lowest BCUT2D eigenvalue weighted by atomic mass is 9.49. The van der Waals surface area contributed by atoms with Crippen molar-refractivity contribution in [3.63, 3.8) is 0 Å². The van der Waals surface area contributed by atoms with Gasteiger partial charge in [-0.05, 0) is 50.8 Å². The van der Waals surface area contributed by atoms with Crippen LogP contribution in [-0.2, 0) is 9.53 Å². The van der Waals surface area contributed by atoms with Gasteiger partial charge in [0, 0.05) is 22.6 Å². The minimum atomic E-state index is -1.56. The maximum Gasteiger partial charge on any atom is 0.201 e. The van der Waals surface area contributed by atoms with Crippen molar-refractivity contribution in [3.05, 3.63) is 41.0 Å². The second kappa shape index (κ2) is 4.10. The van der Waals surface area contributed by atoms with Crippen LogP contribution in [0.15, 0.2) is 29.8 Å². The number of fused-ring (bicyclic) bond motifs is 1. The van der Waals surface area contributed by atoms with Crippen LogP contribution in [0, 0.1) is 17.3 Å². The molecule has 4 bridgehead atoms. The van der Waals surface area contributed by atoms with Gasteiger partial charge in [0.2, 0.25) is 5.78 Å². The fourth-order valence-electron chi connectivity index (χ4n) is 5.73. The van der Waals surface area contributed by atoms with Crippen LogP contribution in [0.25, 0.3) is 0 Å². The molecule has 6 rings (SSSR count). The van der Waals surface area contributed by atoms with Crippen LogP contribution in [0.2, 0.25) is 0 Å². The predicted octanol–water partition coefficient (Wildman–Crippen LogP) is 2.47. The Kier molecular flexibility index (Phi) is 2.46. The second-order valence-electron chi connectivity index (χ2n) is 8.14. The van der Waals surface area contributed by atoms with E-state index in [1.165, 1.54) is 18.2 Å². The molecular weight excluding hydrogens is 320 g/mol. The molecule has 5 atom stereocenters. The van der Waals surface area contributed by atoms with E-state index in [0.29, 0.717) is 0 Å². The summed E-state index contributed by atoms with van der Waals surface area (Å²) in [5, 5.41) is 9.73. The average Bonchev–Trinajstić information content (AvgIpc) is 2.89. The zero-order valence-corrected chi connectivity index (χ0v) is 14.0. The Morgan fingerprint density at radius 2 is 2.00 bits per heavy atom. The van der Waals surface area contributed by atoms with Crippen molar-refractivity contribution in [1.29, 1.82) is 0 Å². The summed E-state index contributed by atoms with van der Waals surface area (Å²) in [6.45, 7) is 3.73. The Bertz CT molecular complexity index is 915. The Balaban J connectivity index is 1.87. The molecule has 0 amide bonds. The number of ketones is 2. The van der Waals surface area contributed by atoms with Gasteiger partial charge in [0.05, 0.1) is 11.0 Å². The molecule has 2 heterocycles. The first-order valence-electron chi connectivity index (χ1n) is 8.60. The van der Waals surface area contributed by atoms with E-state index in [1.54, 1.807) is 6.92 Å². The van der Waals surface area contributed by atoms with Gasteiger partial charge >= 0.3 is 0 Å². The van der Waals surface area contributed by atoms with Crippen LogP contribution in [0.4, 0.5) is 0 Å². The number of hydrogen-bond donors (Lipinski definition) is 1. The second-order valence-corrected chi connectivity index (χ2v) is 8.14. The number of aromatic hydroxyl groups is 1. The Morgan fingerprint density at radius 1 is 1.24 bits per heavy atom. The van der Waals surface area contributed by atoms with Crippen molar-refractivity contribution in [1.82, 2.24) is 0 Å². The van der Waals surface area contributed by atoms with Crippen LogP contribution >= 0.6 is 0 Å². The maximum absolute atomic E-state index is 13.6. The fraction of sp³-hybridized carbons (Fsp3) is 0.450. The summed E-state index contributed by atoms with van der Waals surface area (Å²) in [5.41, 5.74) is -2.48. The summed E-state index contributed by atoms with van der Waals surface area (Å²) in [7, 11) is 0. The molecule has 1 spiro atoms. The largest absolute Gasteiger partial charge is 0.508 e. The first-order valence-corrected chi connectivity index (χ1v) is 8.60. The molecule has 0 radical (unpaired) electrons. The Morgan fingerprint density at radius 3 is 2.72 bits per heavy atom. The van der Waals surface area contributed by atoms with Gasteiger partial charge in [0.15, 0.2) is 11.4 Å². The van der Waals surface area contributed by atoms with Crippen LogP contribution in [0.1, 0.15) is 47.4 Å². The van der Waals surface area contributed by atoms with E-state index in [2.05, 4.69) is 0 Å². The lowest BCUT2D eigenvalue weighted by Crippen LogP contribution is -2.72. The molecule has 1 aromatic rings. The number of phenolic OH excluding ortho intramolecular Hbond substituents is 1. The molecule has 1 saturated heterocycles. The standard InChI is InChI=1S/C20H18O5/c1-18(9-21)13-5-6-19(2)14(13)8-15-16(23)12-7-10(22)3-4-11(12)17(24)20(15,18)25-19/h3-4,7-9,13-14,22H,5-6H2,1-2H3. The molecule has 1 N–H and O–H groups in total. The molecule has 0 aromatic heterocycles. The Labute approximate surface area is 144 Å². The van der Waals surface area contributed by atoms with Crippen molar-refractivity contribution in [3.8, 4) is 5.75 Å². The number of phenols is 1. The van der Waals surface area contributed by atoms with E-state index < -0.39 is 16.6 Å². The third-order valence-electron chi connectivity index (χ3n) is 7.03. The summed E-state index contributed by atoms with van der Waals surface area (Å²) < 4.78 is 6.40. The van der Waals surface area contributed by atoms with Crippen molar-refractivity contribution >= 4 is 17.9 Å². The molecule has 2 aliphatic heterocycles. The molecule has 5 nitrogen and oxygen atoms in total. The third-order valence-corrected chi connectivity index (χ3v) is 7.03. The number of benzene rings is 1. The molecule has 128 valence electrons. The fourth-order valence-corrected chi connectivity index (χ4v) is 5.73. The van der Waals surface area contributed by atoms with Gasteiger partial charge in [0.1, 0.15) is 12.0 Å². The number of carbonyl (C=O) groups is 3. The summed E-state index contributed by atoms with van der Waals surface area (Å²) in [6, 6.07) is 4.16. The van der Waals surface area contributed by atoms with Gasteiger partial charge in [-0.3, -0.25) is 9.59 Å². The van der Waals surface area contributed by atoms with Crippen LogP contribution in [0.5, 0.6) is 5.75 Å². The van der Waals surface area contributed by atoms with Crippen molar-refractivity contribution in [2.24, 2.45) is 17.3 Å². The molecule has 1 aromatic carbocycles. The summed E-state index contributed by atoms with van der Waals surface area (Å²) >= 11 is 0. The lowest BCUT2D eigenvalue weighted by Gasteiger charge is -2.61. The number of carbonyl (C=O) groups excluding carboxylic acids is 3. The number of Topliss-reactive ketones (excluding diaryl/α,β-unsaturated/α-hetero) is 2. The van der Waals surface area contributed by atoms with E-state index in [-0.39, 0.29) is 45.9 Å². The van der Waals surface area contributed by atoms with Gasteiger partial charge in [0.25, 0.3) is 0 Å². The molecule has 5 unspecified atom stereocenters. The minimum absolute atomic E-state index is 0.0112. The first-order chi connectivity index (χ1) is 11.8. The number of ether oxygens (including phenoxy) is 1. The van der Waals surface area contributed by atoms with E-state index in [4.69, 9.17) is 4.74 Å². The molecule has 5 heteroatoms. The zero-order chi connectivity index (χ0) is 17.8. The lowest BCUT2D eigenvalue weighted by molar-refractivity contribution is -0.219. The zero-order valence-electron chi connectivity index (χ0n) is 14.0. The molecular formula is C20H18O5. The van der Waals surface area contributed by atoms with E-state index in [9.17, 15) is 19.5 Å². The maximum atomic E-state index is 13.6. The van der Waals surface area contributed by atoms with Crippen LogP contribution in [0.3, 0.4) is 0 Å². The van der Waals surface area contributed by atoms with E-state index in [0.717, 1.165) is 19.1 Å². The van der Waals surface area contributed by atoms with Crippen LogP contribution < -0.4 is 0 Å². The normalized spacial score (nSPS) is 43.5. The highest BCUT2D eigenvalue weighted by molar-refractivity contribution is 6.28. The van der Waals surface area contributed by atoms with Crippen molar-refractivity contribution < 1.29 is 24.2 Å². The predicted molar refractivity (Wildman–Crippen MR) is 87.5 cm³/mol. The Hall–Kier alpha value is -2.27. The molecule has 3 aliphatic carbocycles. The monoisotopic (exact) mass is 338 g/mol. The van der Waals surface area contributed by atoms with Gasteiger partial charge in [-0.25, -0.2) is 0 Å². The topological polar surface area (TPSA) is 80.7 Å². The molecule has 1 saturated carbocycles. The van der Waals surface area contributed by atoms with Gasteiger partial charge in [-0.15, -0.1) is 0 Å². The average molecular weight is 338 g/mol. The summed E-state index contributed by atoms with van der Waals surface area (Å²) in [6.07, 6.45) is 4.26. The highest BCUT2D eigenvalue weighted by Crippen LogP contribution is 2.68. The minimum Gasteiger partial charge on any atom is -0.508 e. The smallest absolute Gasteiger partial charge is 0.201 e. The first kappa shape index (κ1) is 15.0. The summed E-state index contributed by atoms with van der Waals surface area (Å²) in [4.78, 5) is 38.9. The number of aldehydes is 1. The van der Waals surface area contributed by atoms with E-state index >= 15 is 0 Å². The van der Waals surface area contributed by atoms with Crippen molar-refractivity contribution in [2.75, 3.05) is 0 Å². The van der Waals surface area contributed by atoms with E-state index in [1.807, 2.05) is 13.0 Å². The quantitative estimate of drug-likeness (QED) is 0.796.